The van der Waals surface area contributed by atoms with Gasteiger partial charge in [0.25, 0.3) is 11.9 Å². The zero-order chi connectivity index (χ0) is 53.7. The summed E-state index contributed by atoms with van der Waals surface area (Å²) in [6.45, 7) is 42.7. The third kappa shape index (κ3) is 23.0. The lowest BCUT2D eigenvalue weighted by atomic mass is 10.9. The Balaban J connectivity index is 0.000000676. The third-order valence-electron chi connectivity index (χ3n) is 10.2. The van der Waals surface area contributed by atoms with E-state index in [2.05, 4.69) is 0 Å². The lowest BCUT2D eigenvalue weighted by Gasteiger charge is -2.50. The van der Waals surface area contributed by atoms with Gasteiger partial charge in [-0.3, -0.25) is 9.59 Å². The molecule has 0 radical (unpaired) electrons. The van der Waals surface area contributed by atoms with E-state index >= 15 is 0 Å². The Kier molecular flexibility index (Phi) is 23.8. The maximum atomic E-state index is 11.5. The van der Waals surface area contributed by atoms with Crippen LogP contribution < -0.4 is 0 Å². The Bertz CT molecular complexity index is 1510. The van der Waals surface area contributed by atoms with Crippen LogP contribution in [0.4, 0.5) is 0 Å². The average molecular weight is 1220 g/mol. The lowest BCUT2D eigenvalue weighted by molar-refractivity contribution is -0.135. The van der Waals surface area contributed by atoms with Gasteiger partial charge in [-0.1, -0.05) is 41.5 Å². The van der Waals surface area contributed by atoms with E-state index in [-0.39, 0.29) is 0 Å². The van der Waals surface area contributed by atoms with Crippen molar-refractivity contribution in [2.75, 3.05) is 0 Å². The predicted octanol–water partition coefficient (Wildman–Crippen LogP) is 6.70. The van der Waals surface area contributed by atoms with Crippen LogP contribution in [0.5, 0.6) is 0 Å². The maximum absolute atomic E-state index is 11.5. The molecule has 22 nitrogen and oxygen atoms in total. The van der Waals surface area contributed by atoms with Crippen molar-refractivity contribution in [1.29, 1.82) is 0 Å². The van der Waals surface area contributed by atoms with Gasteiger partial charge in [0.15, 0.2) is 0 Å². The standard InChI is InChI=1S/C18H52O12Si9.C12H28O8Si4.C2H8O2Si/c1-15-32(7)23-36(11,19)24-33(8,16-2)28-38(13,27-32)21-31(5,6)22-39(14)29-34(9,17-3)25-37(12,20)26-35(10,18-4)30-39;1-9-21(5)17-23(7,15-11(3)13)19-22(6,10-2)20-24(8,18-21)16-12(4)14;1-5(2,3)4/h19-20H,15-18H2,1-14H3;9-10H2,1-8H3;3-4H,1-2H3. The van der Waals surface area contributed by atoms with Gasteiger partial charge in [-0.05, 0) is 102 Å². The molecule has 0 spiro atoms. The van der Waals surface area contributed by atoms with E-state index in [1.54, 1.807) is 26.2 Å². The van der Waals surface area contributed by atoms with Crippen LogP contribution in [0.15, 0.2) is 0 Å². The van der Waals surface area contributed by atoms with E-state index in [4.69, 9.17) is 76.1 Å². The fourth-order valence-electron chi connectivity index (χ4n) is 7.46. The molecule has 0 aromatic carbocycles. The minimum atomic E-state index is -3.47. The van der Waals surface area contributed by atoms with E-state index in [1.807, 2.05) is 107 Å². The summed E-state index contributed by atoms with van der Waals surface area (Å²) in [5.74, 6) is -0.936. The molecular formula is C32H88O22Si14. The Labute approximate surface area is 422 Å². The third-order valence-corrected chi connectivity index (χ3v) is 64.8. The summed E-state index contributed by atoms with van der Waals surface area (Å²) in [7, 11) is -43.4. The molecule has 0 aromatic heterocycles. The SMILES string of the molecule is CC[Si]1(C)O[Si](C)(O)O[Si](C)(CC)O[Si](C)(O[Si](C)(C)O[Si]2(C)O[Si](C)(CC)O[Si](C)(O)O[Si](C)(CC)O2)O1.CC[Si]1(C)O[Si](C)(OC(C)=O)O[Si](C)(CC)O[Si](C)(OC(C)=O)O1.C[Si](C)(O)O. The molecule has 4 N–H and O–H groups in total. The van der Waals surface area contributed by atoms with E-state index in [9.17, 15) is 19.2 Å². The molecule has 0 aromatic rings. The quantitative estimate of drug-likeness (QED) is 0.148. The number of hydrogen-bond acceptors (Lipinski definition) is 22. The second-order valence-electron chi connectivity index (χ2n) is 19.7. The molecule has 0 bridgehead atoms. The molecule has 3 aliphatic heterocycles. The van der Waals surface area contributed by atoms with Gasteiger partial charge in [0.2, 0.25) is 0 Å². The first-order valence-corrected chi connectivity index (χ1v) is 57.5. The highest BCUT2D eigenvalue weighted by molar-refractivity contribution is 6.96. The van der Waals surface area contributed by atoms with Crippen molar-refractivity contribution in [2.45, 2.75) is 196 Å². The molecule has 3 heterocycles. The summed E-state index contributed by atoms with van der Waals surface area (Å²) in [6, 6.07) is 3.47. The van der Waals surface area contributed by atoms with Gasteiger partial charge < -0.3 is 85.6 Å². The Hall–Kier alpha value is 1.26. The molecule has 4 atom stereocenters. The van der Waals surface area contributed by atoms with Crippen molar-refractivity contribution >= 4 is 133 Å². The van der Waals surface area contributed by atoms with Crippen LogP contribution in [0, 0.1) is 0 Å². The highest BCUT2D eigenvalue weighted by Gasteiger charge is 2.64. The van der Waals surface area contributed by atoms with Crippen molar-refractivity contribution < 1.29 is 95.2 Å². The second kappa shape index (κ2) is 24.1. The second-order valence-corrected chi connectivity index (χ2v) is 65.6. The van der Waals surface area contributed by atoms with Crippen LogP contribution in [0.2, 0.25) is 141 Å². The van der Waals surface area contributed by atoms with E-state index in [0.717, 1.165) is 0 Å². The molecule has 0 amide bonds. The normalized spacial score (nSPS) is 43.0. The van der Waals surface area contributed by atoms with Crippen LogP contribution in [0.25, 0.3) is 0 Å². The first kappa shape index (κ1) is 67.3. The van der Waals surface area contributed by atoms with Crippen molar-refractivity contribution in [3.05, 3.63) is 0 Å². The molecule has 36 heteroatoms. The summed E-state index contributed by atoms with van der Waals surface area (Å²) in [4.78, 5) is 61.5. The molecule has 3 saturated heterocycles. The van der Waals surface area contributed by atoms with Crippen LogP contribution in [0.3, 0.4) is 0 Å². The topological polar surface area (TPSA) is 263 Å². The zero-order valence-corrected chi connectivity index (χ0v) is 59.4. The fourth-order valence-corrected chi connectivity index (χ4v) is 70.4. The molecule has 68 heavy (non-hydrogen) atoms. The zero-order valence-electron chi connectivity index (χ0n) is 45.4. The Morgan fingerprint density at radius 1 is 0.382 bits per heavy atom. The molecule has 4 unspecified atom stereocenters. The van der Waals surface area contributed by atoms with Gasteiger partial charge >= 0.3 is 121 Å². The molecule has 3 fully saturated rings. The monoisotopic (exact) mass is 1220 g/mol. The van der Waals surface area contributed by atoms with Gasteiger partial charge in [0.05, 0.1) is 0 Å². The van der Waals surface area contributed by atoms with Gasteiger partial charge in [0.1, 0.15) is 0 Å². The Morgan fingerprint density at radius 3 is 0.706 bits per heavy atom. The van der Waals surface area contributed by atoms with E-state index in [0.29, 0.717) is 36.3 Å². The number of carbonyl (C=O) groups excluding carboxylic acids is 2. The van der Waals surface area contributed by atoms with Crippen molar-refractivity contribution in [3.8, 4) is 0 Å². The average Bonchev–Trinajstić information content (AvgIpc) is 3.06. The molecule has 0 saturated carbocycles. The van der Waals surface area contributed by atoms with Crippen LogP contribution >= 0.6 is 0 Å². The van der Waals surface area contributed by atoms with Crippen molar-refractivity contribution in [1.82, 2.24) is 0 Å². The maximum Gasteiger partial charge on any atom is 0.546 e. The minimum Gasteiger partial charge on any atom is -0.475 e. The molecule has 0 aliphatic carbocycles. The summed E-state index contributed by atoms with van der Waals surface area (Å²) in [5.41, 5.74) is 0. The molecule has 3 rings (SSSR count). The molecule has 3 aliphatic rings. The first-order chi connectivity index (χ1) is 30.1. The van der Waals surface area contributed by atoms with Gasteiger partial charge in [-0.15, -0.1) is 0 Å². The van der Waals surface area contributed by atoms with Crippen LogP contribution in [-0.4, -0.2) is 152 Å². The predicted molar refractivity (Wildman–Crippen MR) is 285 cm³/mol. The summed E-state index contributed by atoms with van der Waals surface area (Å²) in [6.07, 6.45) is 0. The number of rotatable bonds is 12. The minimum absolute atomic E-state index is 0.468. The van der Waals surface area contributed by atoms with Crippen LogP contribution in [-0.2, 0) is 76.1 Å². The first-order valence-electron chi connectivity index (χ1n) is 23.2. The summed E-state index contributed by atoms with van der Waals surface area (Å²) in [5, 5.41) is 0. The Morgan fingerprint density at radius 2 is 0.544 bits per heavy atom. The van der Waals surface area contributed by atoms with E-state index in [1.165, 1.54) is 26.9 Å². The summed E-state index contributed by atoms with van der Waals surface area (Å²) >= 11 is 0. The molecular weight excluding hydrogens is 1130 g/mol. The van der Waals surface area contributed by atoms with Gasteiger partial charge in [-0.25, -0.2) is 0 Å². The number of carbonyl (C=O) groups is 2. The van der Waals surface area contributed by atoms with Gasteiger partial charge in [-0.2, -0.15) is 0 Å². The van der Waals surface area contributed by atoms with Crippen LogP contribution in [0.1, 0.15) is 55.4 Å². The lowest BCUT2D eigenvalue weighted by Crippen LogP contribution is -2.72. The summed E-state index contributed by atoms with van der Waals surface area (Å²) < 4.78 is 101. The highest BCUT2D eigenvalue weighted by Crippen LogP contribution is 2.39. The number of hydrogen-bond donors (Lipinski definition) is 4. The largest absolute Gasteiger partial charge is 0.546 e. The fraction of sp³-hybridized carbons (Fsp3) is 0.938. The van der Waals surface area contributed by atoms with Gasteiger partial charge in [0, 0.05) is 53.1 Å². The smallest absolute Gasteiger partial charge is 0.475 e. The molecule has 404 valence electrons. The van der Waals surface area contributed by atoms with Crippen molar-refractivity contribution in [2.24, 2.45) is 0 Å². The van der Waals surface area contributed by atoms with Crippen molar-refractivity contribution in [3.63, 3.8) is 0 Å². The highest BCUT2D eigenvalue weighted by atomic mass is 28.6. The van der Waals surface area contributed by atoms with E-state index < -0.39 is 133 Å².